The highest BCUT2D eigenvalue weighted by molar-refractivity contribution is 7.91. The van der Waals surface area contributed by atoms with Crippen LogP contribution in [0, 0.1) is 0 Å². The SMILES string of the molecule is CCC(CCCS(=O)(=O)c1cc(Cl)ccc1Cl)NC. The van der Waals surface area contributed by atoms with Crippen molar-refractivity contribution in [3.63, 3.8) is 0 Å². The van der Waals surface area contributed by atoms with Crippen LogP contribution in [-0.4, -0.2) is 27.3 Å². The molecule has 1 unspecified atom stereocenters. The highest BCUT2D eigenvalue weighted by Crippen LogP contribution is 2.26. The van der Waals surface area contributed by atoms with Gasteiger partial charge in [0.25, 0.3) is 0 Å². The van der Waals surface area contributed by atoms with Gasteiger partial charge < -0.3 is 5.32 Å². The van der Waals surface area contributed by atoms with Crippen LogP contribution in [0.5, 0.6) is 0 Å². The second-order valence-corrected chi connectivity index (χ2v) is 7.35. The number of rotatable bonds is 7. The summed E-state index contributed by atoms with van der Waals surface area (Å²) in [5, 5.41) is 3.76. The number of hydrogen-bond acceptors (Lipinski definition) is 3. The molecule has 1 N–H and O–H groups in total. The Morgan fingerprint density at radius 1 is 1.32 bits per heavy atom. The van der Waals surface area contributed by atoms with E-state index in [9.17, 15) is 8.42 Å². The first-order valence-electron chi connectivity index (χ1n) is 6.25. The molecule has 3 nitrogen and oxygen atoms in total. The van der Waals surface area contributed by atoms with Crippen molar-refractivity contribution in [2.24, 2.45) is 0 Å². The molecule has 0 aliphatic rings. The molecule has 0 aliphatic carbocycles. The Morgan fingerprint density at radius 3 is 2.58 bits per heavy atom. The Labute approximate surface area is 125 Å². The van der Waals surface area contributed by atoms with Crippen LogP contribution in [0.1, 0.15) is 26.2 Å². The minimum Gasteiger partial charge on any atom is -0.317 e. The summed E-state index contributed by atoms with van der Waals surface area (Å²) in [6.07, 6.45) is 2.41. The maximum atomic E-state index is 12.2. The molecule has 0 spiro atoms. The molecule has 0 fully saturated rings. The van der Waals surface area contributed by atoms with E-state index in [4.69, 9.17) is 23.2 Å². The second kappa shape index (κ2) is 7.48. The first kappa shape index (κ1) is 16.8. The Morgan fingerprint density at radius 2 is 2.00 bits per heavy atom. The van der Waals surface area contributed by atoms with E-state index in [0.29, 0.717) is 17.5 Å². The van der Waals surface area contributed by atoms with Gasteiger partial charge in [-0.2, -0.15) is 0 Å². The molecule has 0 aromatic heterocycles. The summed E-state index contributed by atoms with van der Waals surface area (Å²) in [5.74, 6) is 0.0885. The quantitative estimate of drug-likeness (QED) is 0.834. The van der Waals surface area contributed by atoms with E-state index < -0.39 is 9.84 Å². The number of sulfone groups is 1. The number of benzene rings is 1. The van der Waals surface area contributed by atoms with E-state index in [1.165, 1.54) is 12.1 Å². The molecule has 1 atom stereocenters. The standard InChI is InChI=1S/C13H19Cl2NO2S/c1-3-11(16-2)5-4-8-19(17,18)13-9-10(14)6-7-12(13)15/h6-7,9,11,16H,3-5,8H2,1-2H3. The summed E-state index contributed by atoms with van der Waals surface area (Å²) >= 11 is 11.7. The maximum absolute atomic E-state index is 12.2. The summed E-state index contributed by atoms with van der Waals surface area (Å²) in [6.45, 7) is 2.07. The molecule has 0 saturated heterocycles. The molecule has 0 saturated carbocycles. The Kier molecular flexibility index (Phi) is 6.60. The predicted molar refractivity (Wildman–Crippen MR) is 80.9 cm³/mol. The largest absolute Gasteiger partial charge is 0.317 e. The average molecular weight is 324 g/mol. The molecule has 0 aliphatic heterocycles. The summed E-state index contributed by atoms with van der Waals surface area (Å²) < 4.78 is 24.4. The van der Waals surface area contributed by atoms with Crippen molar-refractivity contribution < 1.29 is 8.42 Å². The van der Waals surface area contributed by atoms with Gasteiger partial charge in [0.1, 0.15) is 0 Å². The molecule has 6 heteroatoms. The zero-order valence-electron chi connectivity index (χ0n) is 11.1. The van der Waals surface area contributed by atoms with Gasteiger partial charge in [-0.05, 0) is 44.5 Å². The van der Waals surface area contributed by atoms with Crippen LogP contribution in [0.2, 0.25) is 10.0 Å². The summed E-state index contributed by atoms with van der Waals surface area (Å²) in [5.41, 5.74) is 0. The van der Waals surface area contributed by atoms with Gasteiger partial charge in [-0.3, -0.25) is 0 Å². The van der Waals surface area contributed by atoms with E-state index in [2.05, 4.69) is 12.2 Å². The van der Waals surface area contributed by atoms with Crippen molar-refractivity contribution in [1.29, 1.82) is 0 Å². The van der Waals surface area contributed by atoms with E-state index >= 15 is 0 Å². The van der Waals surface area contributed by atoms with E-state index in [1.54, 1.807) is 6.07 Å². The molecular weight excluding hydrogens is 305 g/mol. The molecule has 1 aromatic carbocycles. The van der Waals surface area contributed by atoms with Gasteiger partial charge >= 0.3 is 0 Å². The topological polar surface area (TPSA) is 46.2 Å². The first-order chi connectivity index (χ1) is 8.90. The van der Waals surface area contributed by atoms with Crippen molar-refractivity contribution >= 4 is 33.0 Å². The summed E-state index contributed by atoms with van der Waals surface area (Å²) in [4.78, 5) is 0.124. The third kappa shape index (κ3) is 4.95. The van der Waals surface area contributed by atoms with E-state index in [0.717, 1.165) is 12.8 Å². The van der Waals surface area contributed by atoms with Crippen molar-refractivity contribution in [2.75, 3.05) is 12.8 Å². The minimum absolute atomic E-state index is 0.0885. The lowest BCUT2D eigenvalue weighted by Crippen LogP contribution is -2.24. The van der Waals surface area contributed by atoms with Crippen LogP contribution in [0.25, 0.3) is 0 Å². The van der Waals surface area contributed by atoms with Crippen LogP contribution in [0.3, 0.4) is 0 Å². The smallest absolute Gasteiger partial charge is 0.179 e. The molecule has 0 heterocycles. The highest BCUT2D eigenvalue weighted by Gasteiger charge is 2.18. The fourth-order valence-corrected chi connectivity index (χ4v) is 4.04. The Balaban J connectivity index is 2.73. The van der Waals surface area contributed by atoms with E-state index in [1.807, 2.05) is 7.05 Å². The zero-order chi connectivity index (χ0) is 14.5. The second-order valence-electron chi connectivity index (χ2n) is 4.43. The predicted octanol–water partition coefficient (Wildman–Crippen LogP) is 3.55. The Hall–Kier alpha value is -0.290. The first-order valence-corrected chi connectivity index (χ1v) is 8.66. The van der Waals surface area contributed by atoms with Crippen molar-refractivity contribution in [2.45, 2.75) is 37.1 Å². The normalized spacial score (nSPS) is 13.5. The summed E-state index contributed by atoms with van der Waals surface area (Å²) in [7, 11) is -1.48. The van der Waals surface area contributed by atoms with Crippen LogP contribution in [0.15, 0.2) is 23.1 Å². The molecule has 1 rings (SSSR count). The lowest BCUT2D eigenvalue weighted by molar-refractivity contribution is 0.500. The van der Waals surface area contributed by atoms with Crippen LogP contribution >= 0.6 is 23.2 Å². The van der Waals surface area contributed by atoms with Crippen LogP contribution in [0.4, 0.5) is 0 Å². The van der Waals surface area contributed by atoms with E-state index in [-0.39, 0.29) is 15.7 Å². The van der Waals surface area contributed by atoms with Crippen LogP contribution in [-0.2, 0) is 9.84 Å². The van der Waals surface area contributed by atoms with Gasteiger partial charge in [0, 0.05) is 11.1 Å². The average Bonchev–Trinajstić information content (AvgIpc) is 2.37. The number of hydrogen-bond donors (Lipinski definition) is 1. The van der Waals surface area contributed by atoms with Gasteiger partial charge in [0.2, 0.25) is 0 Å². The lowest BCUT2D eigenvalue weighted by atomic mass is 10.1. The molecule has 1 aromatic rings. The van der Waals surface area contributed by atoms with Gasteiger partial charge in [-0.1, -0.05) is 30.1 Å². The minimum atomic E-state index is -3.37. The molecule has 108 valence electrons. The molecule has 0 bridgehead atoms. The Bertz CT molecular complexity index is 513. The van der Waals surface area contributed by atoms with Crippen molar-refractivity contribution in [3.05, 3.63) is 28.2 Å². The highest BCUT2D eigenvalue weighted by atomic mass is 35.5. The molecular formula is C13H19Cl2NO2S. The van der Waals surface area contributed by atoms with Gasteiger partial charge in [0.05, 0.1) is 15.7 Å². The van der Waals surface area contributed by atoms with Gasteiger partial charge in [0.15, 0.2) is 9.84 Å². The molecule has 0 radical (unpaired) electrons. The molecule has 19 heavy (non-hydrogen) atoms. The third-order valence-corrected chi connectivity index (χ3v) is 5.61. The fourth-order valence-electron chi connectivity index (χ4n) is 1.90. The lowest BCUT2D eigenvalue weighted by Gasteiger charge is -2.13. The summed E-state index contributed by atoms with van der Waals surface area (Å²) in [6, 6.07) is 4.86. The fraction of sp³-hybridized carbons (Fsp3) is 0.538. The third-order valence-electron chi connectivity index (χ3n) is 3.10. The van der Waals surface area contributed by atoms with Crippen molar-refractivity contribution in [3.8, 4) is 0 Å². The number of nitrogens with one attached hydrogen (secondary N) is 1. The van der Waals surface area contributed by atoms with Gasteiger partial charge in [-0.15, -0.1) is 0 Å². The zero-order valence-corrected chi connectivity index (χ0v) is 13.4. The number of halogens is 2. The van der Waals surface area contributed by atoms with Gasteiger partial charge in [-0.25, -0.2) is 8.42 Å². The van der Waals surface area contributed by atoms with Crippen LogP contribution < -0.4 is 5.32 Å². The van der Waals surface area contributed by atoms with Crippen molar-refractivity contribution in [1.82, 2.24) is 5.32 Å². The maximum Gasteiger partial charge on any atom is 0.179 e. The molecule has 0 amide bonds. The monoisotopic (exact) mass is 323 g/mol.